The molecular weight excluding hydrogens is 296 g/mol. The molecule has 2 fully saturated rings. The van der Waals surface area contributed by atoms with Crippen molar-refractivity contribution in [2.24, 2.45) is 0 Å². The summed E-state index contributed by atoms with van der Waals surface area (Å²) in [6.07, 6.45) is 0.0914. The van der Waals surface area contributed by atoms with Gasteiger partial charge >= 0.3 is 0 Å². The van der Waals surface area contributed by atoms with Crippen LogP contribution >= 0.6 is 0 Å². The van der Waals surface area contributed by atoms with E-state index in [9.17, 15) is 4.79 Å². The van der Waals surface area contributed by atoms with Gasteiger partial charge in [-0.15, -0.1) is 0 Å². The summed E-state index contributed by atoms with van der Waals surface area (Å²) in [6, 6.07) is 1.76. The summed E-state index contributed by atoms with van der Waals surface area (Å²) in [7, 11) is 0. The van der Waals surface area contributed by atoms with Gasteiger partial charge in [0.25, 0.3) is 5.91 Å². The van der Waals surface area contributed by atoms with Gasteiger partial charge in [-0.2, -0.15) is 0 Å². The van der Waals surface area contributed by atoms with Crippen molar-refractivity contribution in [2.75, 3.05) is 44.3 Å². The first-order valence-electron chi connectivity index (χ1n) is 8.16. The summed E-state index contributed by atoms with van der Waals surface area (Å²) < 4.78 is 11.1. The van der Waals surface area contributed by atoms with Crippen LogP contribution in [0.25, 0.3) is 0 Å². The van der Waals surface area contributed by atoms with Crippen LogP contribution in [0.2, 0.25) is 0 Å². The molecule has 7 heteroatoms. The van der Waals surface area contributed by atoms with Crippen molar-refractivity contribution in [1.29, 1.82) is 0 Å². The zero-order chi connectivity index (χ0) is 16.4. The minimum Gasteiger partial charge on any atom is -0.378 e. The maximum Gasteiger partial charge on any atom is 0.272 e. The summed E-state index contributed by atoms with van der Waals surface area (Å²) in [4.78, 5) is 25.7. The molecule has 0 aliphatic carbocycles. The number of anilines is 1. The summed E-state index contributed by atoms with van der Waals surface area (Å²) >= 11 is 0. The van der Waals surface area contributed by atoms with E-state index < -0.39 is 0 Å². The highest BCUT2D eigenvalue weighted by Crippen LogP contribution is 2.17. The molecule has 23 heavy (non-hydrogen) atoms. The molecule has 2 aliphatic rings. The number of hydrogen-bond acceptors (Lipinski definition) is 6. The van der Waals surface area contributed by atoms with E-state index in [0.29, 0.717) is 37.9 Å². The summed E-state index contributed by atoms with van der Waals surface area (Å²) in [5.41, 5.74) is 1.26. The number of ether oxygens (including phenoxy) is 2. The first kappa shape index (κ1) is 16.1. The third kappa shape index (κ3) is 3.79. The maximum atomic E-state index is 12.8. The highest BCUT2D eigenvalue weighted by molar-refractivity contribution is 5.92. The van der Waals surface area contributed by atoms with Crippen LogP contribution in [0, 0.1) is 6.92 Å². The highest BCUT2D eigenvalue weighted by Gasteiger charge is 2.28. The van der Waals surface area contributed by atoms with Crippen LogP contribution in [-0.2, 0) is 9.47 Å². The van der Waals surface area contributed by atoms with Crippen molar-refractivity contribution in [3.05, 3.63) is 17.5 Å². The maximum absolute atomic E-state index is 12.8. The first-order chi connectivity index (χ1) is 11.0. The smallest absolute Gasteiger partial charge is 0.272 e. The van der Waals surface area contributed by atoms with Gasteiger partial charge in [0.2, 0.25) is 5.95 Å². The molecule has 0 radical (unpaired) electrons. The van der Waals surface area contributed by atoms with Crippen LogP contribution in [0.3, 0.4) is 0 Å². The third-order valence-corrected chi connectivity index (χ3v) is 4.06. The lowest BCUT2D eigenvalue weighted by molar-refractivity contribution is -0.0587. The average molecular weight is 320 g/mol. The van der Waals surface area contributed by atoms with Crippen molar-refractivity contribution in [3.63, 3.8) is 0 Å². The van der Waals surface area contributed by atoms with Gasteiger partial charge in [0.15, 0.2) is 0 Å². The lowest BCUT2D eigenvalue weighted by Crippen LogP contribution is -2.48. The number of nitrogens with zero attached hydrogens (tertiary/aromatic N) is 4. The fourth-order valence-corrected chi connectivity index (χ4v) is 3.07. The van der Waals surface area contributed by atoms with Crippen molar-refractivity contribution >= 4 is 11.9 Å². The van der Waals surface area contributed by atoms with Crippen molar-refractivity contribution in [2.45, 2.75) is 33.0 Å². The topological polar surface area (TPSA) is 67.8 Å². The molecule has 2 atom stereocenters. The van der Waals surface area contributed by atoms with E-state index in [1.165, 1.54) is 0 Å². The number of carbonyl (C=O) groups excluding carboxylic acids is 1. The molecule has 0 N–H and O–H groups in total. The molecule has 7 nitrogen and oxygen atoms in total. The van der Waals surface area contributed by atoms with E-state index in [2.05, 4.69) is 14.9 Å². The van der Waals surface area contributed by atoms with Crippen molar-refractivity contribution in [3.8, 4) is 0 Å². The minimum atomic E-state index is -0.0491. The van der Waals surface area contributed by atoms with Crippen molar-refractivity contribution in [1.82, 2.24) is 14.9 Å². The Bertz CT molecular complexity index is 564. The molecular formula is C16H24N4O3. The van der Waals surface area contributed by atoms with Gasteiger partial charge in [-0.25, -0.2) is 9.97 Å². The number of carbonyl (C=O) groups is 1. The number of amides is 1. The molecule has 2 saturated heterocycles. The standard InChI is InChI=1S/C16H24N4O3/c1-11-8-14(15(21)20-9-12(2)23-13(3)10-20)18-16(17-11)19-4-6-22-7-5-19/h8,12-13H,4-7,9-10H2,1-3H3. The zero-order valence-electron chi connectivity index (χ0n) is 14.0. The Labute approximate surface area is 136 Å². The van der Waals surface area contributed by atoms with Gasteiger partial charge in [-0.05, 0) is 26.8 Å². The van der Waals surface area contributed by atoms with Crippen LogP contribution < -0.4 is 4.90 Å². The Morgan fingerprint density at radius 1 is 1.17 bits per heavy atom. The second-order valence-corrected chi connectivity index (χ2v) is 6.26. The number of aryl methyl sites for hydroxylation is 1. The predicted octanol–water partition coefficient (Wildman–Crippen LogP) is 0.871. The Kier molecular flexibility index (Phi) is 4.77. The van der Waals surface area contributed by atoms with E-state index in [4.69, 9.17) is 9.47 Å². The van der Waals surface area contributed by atoms with Gasteiger partial charge in [0.05, 0.1) is 25.4 Å². The van der Waals surface area contributed by atoms with Gasteiger partial charge in [-0.1, -0.05) is 0 Å². The first-order valence-corrected chi connectivity index (χ1v) is 8.16. The number of rotatable bonds is 2. The van der Waals surface area contributed by atoms with Crippen molar-refractivity contribution < 1.29 is 14.3 Å². The van der Waals surface area contributed by atoms with Gasteiger partial charge in [-0.3, -0.25) is 4.79 Å². The van der Waals surface area contributed by atoms with E-state index in [1.54, 1.807) is 6.07 Å². The molecule has 0 aromatic carbocycles. The molecule has 3 heterocycles. The summed E-state index contributed by atoms with van der Waals surface area (Å²) in [6.45, 7) is 9.90. The zero-order valence-corrected chi connectivity index (χ0v) is 14.0. The second kappa shape index (κ2) is 6.80. The van der Waals surface area contributed by atoms with E-state index >= 15 is 0 Å². The SMILES string of the molecule is Cc1cc(C(=O)N2CC(C)OC(C)C2)nc(N2CCOCC2)n1. The number of morpholine rings is 2. The quantitative estimate of drug-likeness (QED) is 0.805. The minimum absolute atomic E-state index is 0.0457. The summed E-state index contributed by atoms with van der Waals surface area (Å²) in [5.74, 6) is 0.568. The van der Waals surface area contributed by atoms with Gasteiger partial charge in [0, 0.05) is 31.9 Å². The molecule has 1 aromatic heterocycles. The molecule has 1 aromatic rings. The van der Waals surface area contributed by atoms with Crippen LogP contribution in [0.5, 0.6) is 0 Å². The second-order valence-electron chi connectivity index (χ2n) is 6.26. The fraction of sp³-hybridized carbons (Fsp3) is 0.688. The predicted molar refractivity (Wildman–Crippen MR) is 85.7 cm³/mol. The molecule has 126 valence electrons. The van der Waals surface area contributed by atoms with E-state index in [1.807, 2.05) is 25.7 Å². The van der Waals surface area contributed by atoms with E-state index in [0.717, 1.165) is 18.8 Å². The highest BCUT2D eigenvalue weighted by atomic mass is 16.5. The van der Waals surface area contributed by atoms with Gasteiger partial charge in [0.1, 0.15) is 5.69 Å². The van der Waals surface area contributed by atoms with Crippen LogP contribution in [0.1, 0.15) is 30.0 Å². The van der Waals surface area contributed by atoms with Crippen LogP contribution in [0.15, 0.2) is 6.07 Å². The molecule has 0 spiro atoms. The monoisotopic (exact) mass is 320 g/mol. The number of aromatic nitrogens is 2. The fourth-order valence-electron chi connectivity index (χ4n) is 3.07. The summed E-state index contributed by atoms with van der Waals surface area (Å²) in [5, 5.41) is 0. The van der Waals surface area contributed by atoms with Crippen LogP contribution in [-0.4, -0.2) is 72.4 Å². The normalized spacial score (nSPS) is 25.5. The Morgan fingerprint density at radius 2 is 1.83 bits per heavy atom. The van der Waals surface area contributed by atoms with Gasteiger partial charge < -0.3 is 19.3 Å². The molecule has 3 rings (SSSR count). The Balaban J connectivity index is 1.81. The molecule has 2 unspecified atom stereocenters. The average Bonchev–Trinajstić information content (AvgIpc) is 2.53. The lowest BCUT2D eigenvalue weighted by Gasteiger charge is -2.35. The number of hydrogen-bond donors (Lipinski definition) is 0. The molecule has 0 bridgehead atoms. The Morgan fingerprint density at radius 3 is 2.48 bits per heavy atom. The van der Waals surface area contributed by atoms with E-state index in [-0.39, 0.29) is 18.1 Å². The molecule has 2 aliphatic heterocycles. The lowest BCUT2D eigenvalue weighted by atomic mass is 10.2. The molecule has 0 saturated carbocycles. The third-order valence-electron chi connectivity index (χ3n) is 4.06. The Hall–Kier alpha value is -1.73. The largest absolute Gasteiger partial charge is 0.378 e. The van der Waals surface area contributed by atoms with Crippen LogP contribution in [0.4, 0.5) is 5.95 Å². The molecule has 1 amide bonds.